The lowest BCUT2D eigenvalue weighted by molar-refractivity contribution is -0.118. The van der Waals surface area contributed by atoms with Crippen LogP contribution < -0.4 is 4.90 Å². The highest BCUT2D eigenvalue weighted by atomic mass is 32.2. The molecular weight excluding hydrogens is 316 g/mol. The average molecular weight is 349 g/mol. The van der Waals surface area contributed by atoms with E-state index in [0.29, 0.717) is 0 Å². The second-order valence-corrected chi connectivity index (χ2v) is 8.97. The normalized spacial score (nSPS) is 18.4. The molecule has 1 aliphatic rings. The summed E-state index contributed by atoms with van der Waals surface area (Å²) in [5.74, 6) is 1.15. The Bertz CT molecular complexity index is 554. The molecule has 0 unspecified atom stereocenters. The fourth-order valence-electron chi connectivity index (χ4n) is 3.66. The number of amides is 1. The number of likely N-dealkylation sites (tertiary alicyclic amines) is 1. The highest BCUT2D eigenvalue weighted by molar-refractivity contribution is 7.97. The fraction of sp³-hybridized carbons (Fsp3) is 0.650. The van der Waals surface area contributed by atoms with Crippen LogP contribution in [0.3, 0.4) is 0 Å². The number of rotatable bonds is 4. The smallest absolute Gasteiger partial charge is 0.224 e. The molecule has 0 spiro atoms. The molecule has 4 heteroatoms. The van der Waals surface area contributed by atoms with E-state index in [2.05, 4.69) is 63.1 Å². The molecule has 24 heavy (non-hydrogen) atoms. The molecule has 134 valence electrons. The molecular formula is C20H32N2OS. The number of hydrogen-bond acceptors (Lipinski definition) is 3. The van der Waals surface area contributed by atoms with E-state index in [9.17, 15) is 4.79 Å². The van der Waals surface area contributed by atoms with E-state index in [1.807, 2.05) is 16.7 Å². The van der Waals surface area contributed by atoms with Crippen LogP contribution >= 0.6 is 11.8 Å². The quantitative estimate of drug-likeness (QED) is 0.797. The van der Waals surface area contributed by atoms with Crippen LogP contribution in [0.2, 0.25) is 0 Å². The van der Waals surface area contributed by atoms with Gasteiger partial charge in [-0.2, -0.15) is 11.8 Å². The summed E-state index contributed by atoms with van der Waals surface area (Å²) in [6.45, 7) is 12.8. The summed E-state index contributed by atoms with van der Waals surface area (Å²) in [5, 5.41) is 0. The summed E-state index contributed by atoms with van der Waals surface area (Å²) in [6.07, 6.45) is 4.13. The predicted octanol–water partition coefficient (Wildman–Crippen LogP) is 4.56. The lowest BCUT2D eigenvalue weighted by Crippen LogP contribution is -2.58. The van der Waals surface area contributed by atoms with Crippen LogP contribution in [-0.4, -0.2) is 41.2 Å². The molecule has 2 rings (SSSR count). The van der Waals surface area contributed by atoms with Gasteiger partial charge in [0.05, 0.1) is 0 Å². The molecule has 1 aliphatic heterocycles. The maximum Gasteiger partial charge on any atom is 0.224 e. The number of carbonyl (C=O) groups excluding carboxylic acids is 1. The van der Waals surface area contributed by atoms with Crippen LogP contribution in [0, 0.1) is 0 Å². The molecule has 1 aromatic rings. The first-order chi connectivity index (χ1) is 11.2. The molecule has 0 saturated carbocycles. The number of thioether (sulfide) groups is 1. The van der Waals surface area contributed by atoms with Gasteiger partial charge in [-0.15, -0.1) is 0 Å². The summed E-state index contributed by atoms with van der Waals surface area (Å²) in [4.78, 5) is 17.0. The molecule has 0 aliphatic carbocycles. The van der Waals surface area contributed by atoms with E-state index in [4.69, 9.17) is 0 Å². The third-order valence-corrected chi connectivity index (χ3v) is 5.77. The van der Waals surface area contributed by atoms with Crippen LogP contribution in [0.4, 0.5) is 5.69 Å². The van der Waals surface area contributed by atoms with Gasteiger partial charge in [-0.05, 0) is 64.5 Å². The van der Waals surface area contributed by atoms with E-state index >= 15 is 0 Å². The Hall–Kier alpha value is -1.00. The molecule has 0 radical (unpaired) electrons. The Kier molecular flexibility index (Phi) is 6.03. The van der Waals surface area contributed by atoms with E-state index in [1.165, 1.54) is 5.56 Å². The largest absolute Gasteiger partial charge is 0.307 e. The minimum atomic E-state index is -0.103. The zero-order valence-corrected chi connectivity index (χ0v) is 16.9. The molecule has 0 N–H and O–H groups in total. The van der Waals surface area contributed by atoms with Crippen molar-refractivity contribution in [2.45, 2.75) is 64.3 Å². The second-order valence-electron chi connectivity index (χ2n) is 8.11. The number of benzene rings is 1. The van der Waals surface area contributed by atoms with Crippen LogP contribution in [0.1, 0.15) is 53.0 Å². The number of anilines is 1. The molecule has 1 fully saturated rings. The van der Waals surface area contributed by atoms with Crippen molar-refractivity contribution in [3.05, 3.63) is 29.8 Å². The first-order valence-electron chi connectivity index (χ1n) is 8.81. The monoisotopic (exact) mass is 348 g/mol. The van der Waals surface area contributed by atoms with Gasteiger partial charge in [-0.1, -0.05) is 12.1 Å². The van der Waals surface area contributed by atoms with Crippen molar-refractivity contribution in [1.29, 1.82) is 0 Å². The van der Waals surface area contributed by atoms with Crippen molar-refractivity contribution in [3.8, 4) is 0 Å². The van der Waals surface area contributed by atoms with Gasteiger partial charge >= 0.3 is 0 Å². The van der Waals surface area contributed by atoms with Gasteiger partial charge < -0.3 is 4.90 Å². The second kappa shape index (κ2) is 7.49. The van der Waals surface area contributed by atoms with Gasteiger partial charge in [0, 0.05) is 42.5 Å². The van der Waals surface area contributed by atoms with E-state index < -0.39 is 0 Å². The molecule has 0 atom stereocenters. The van der Waals surface area contributed by atoms with Crippen LogP contribution in [0.25, 0.3) is 0 Å². The Balaban J connectivity index is 2.20. The Morgan fingerprint density at radius 1 is 1.21 bits per heavy atom. The fourth-order valence-corrected chi connectivity index (χ4v) is 4.19. The highest BCUT2D eigenvalue weighted by Gasteiger charge is 2.40. The first kappa shape index (κ1) is 19.3. The summed E-state index contributed by atoms with van der Waals surface area (Å²) >= 11 is 1.82. The lowest BCUT2D eigenvalue weighted by atomic mass is 9.85. The third kappa shape index (κ3) is 4.34. The maximum atomic E-state index is 12.4. The van der Waals surface area contributed by atoms with Crippen molar-refractivity contribution in [1.82, 2.24) is 4.90 Å². The number of piperidine rings is 1. The van der Waals surface area contributed by atoms with E-state index in [-0.39, 0.29) is 17.0 Å². The van der Waals surface area contributed by atoms with E-state index in [0.717, 1.165) is 37.4 Å². The molecule has 0 aromatic heterocycles. The SMILES string of the molecule is CSCc1ccc(N(C(C)=O)C2(C)CCN(C(C)(C)C)CC2)cc1. The van der Waals surface area contributed by atoms with Crippen molar-refractivity contribution in [3.63, 3.8) is 0 Å². The molecule has 1 aromatic carbocycles. The Morgan fingerprint density at radius 2 is 1.75 bits per heavy atom. The van der Waals surface area contributed by atoms with Crippen molar-refractivity contribution >= 4 is 23.4 Å². The zero-order chi connectivity index (χ0) is 18.0. The standard InChI is InChI=1S/C20H32N2OS/c1-16(23)22(18-9-7-17(8-10-18)15-24-6)20(5)11-13-21(14-12-20)19(2,3)4/h7-10H,11-15H2,1-6H3. The van der Waals surface area contributed by atoms with Gasteiger partial charge in [0.15, 0.2) is 0 Å². The number of nitrogens with zero attached hydrogens (tertiary/aromatic N) is 2. The average Bonchev–Trinajstić information content (AvgIpc) is 2.48. The number of carbonyl (C=O) groups is 1. The van der Waals surface area contributed by atoms with Gasteiger partial charge in [0.2, 0.25) is 5.91 Å². The summed E-state index contributed by atoms with van der Waals surface area (Å²) in [6, 6.07) is 8.51. The van der Waals surface area contributed by atoms with Crippen LogP contribution in [-0.2, 0) is 10.5 Å². The Labute approximate surface area is 151 Å². The lowest BCUT2D eigenvalue weighted by Gasteiger charge is -2.49. The molecule has 3 nitrogen and oxygen atoms in total. The zero-order valence-electron chi connectivity index (χ0n) is 16.1. The van der Waals surface area contributed by atoms with Crippen molar-refractivity contribution < 1.29 is 4.79 Å². The minimum Gasteiger partial charge on any atom is -0.307 e. The van der Waals surface area contributed by atoms with Crippen LogP contribution in [0.15, 0.2) is 24.3 Å². The van der Waals surface area contributed by atoms with Crippen molar-refractivity contribution in [2.75, 3.05) is 24.2 Å². The molecule has 0 bridgehead atoms. The first-order valence-corrected chi connectivity index (χ1v) is 10.2. The predicted molar refractivity (Wildman–Crippen MR) is 106 cm³/mol. The summed E-state index contributed by atoms with van der Waals surface area (Å²) < 4.78 is 0. The molecule has 1 amide bonds. The van der Waals surface area contributed by atoms with E-state index in [1.54, 1.807) is 6.92 Å². The van der Waals surface area contributed by atoms with Gasteiger partial charge in [0.1, 0.15) is 0 Å². The summed E-state index contributed by atoms with van der Waals surface area (Å²) in [7, 11) is 0. The maximum absolute atomic E-state index is 12.4. The van der Waals surface area contributed by atoms with Gasteiger partial charge in [-0.25, -0.2) is 0 Å². The topological polar surface area (TPSA) is 23.6 Å². The van der Waals surface area contributed by atoms with Crippen LogP contribution in [0.5, 0.6) is 0 Å². The minimum absolute atomic E-state index is 0.103. The van der Waals surface area contributed by atoms with Gasteiger partial charge in [-0.3, -0.25) is 9.69 Å². The third-order valence-electron chi connectivity index (χ3n) is 5.15. The summed E-state index contributed by atoms with van der Waals surface area (Å²) in [5.41, 5.74) is 2.43. The Morgan fingerprint density at radius 3 is 2.17 bits per heavy atom. The molecule has 1 saturated heterocycles. The molecule has 1 heterocycles. The van der Waals surface area contributed by atoms with Gasteiger partial charge in [0.25, 0.3) is 0 Å². The van der Waals surface area contributed by atoms with Crippen molar-refractivity contribution in [2.24, 2.45) is 0 Å². The highest BCUT2D eigenvalue weighted by Crippen LogP contribution is 2.35. The number of hydrogen-bond donors (Lipinski definition) is 0.